The summed E-state index contributed by atoms with van der Waals surface area (Å²) in [7, 11) is 2.22. The normalized spacial score (nSPS) is 53.1. The van der Waals surface area contributed by atoms with Crippen molar-refractivity contribution in [2.45, 2.75) is 25.4 Å². The molecule has 58 valence electrons. The molecule has 2 nitrogen and oxygen atoms in total. The van der Waals surface area contributed by atoms with Gasteiger partial charge in [0.1, 0.15) is 0 Å². The summed E-state index contributed by atoms with van der Waals surface area (Å²) < 4.78 is 0. The Morgan fingerprint density at radius 3 is 2.70 bits per heavy atom. The van der Waals surface area contributed by atoms with Crippen LogP contribution in [0.5, 0.6) is 0 Å². The van der Waals surface area contributed by atoms with E-state index < -0.39 is 0 Å². The van der Waals surface area contributed by atoms with Crippen LogP contribution in [0, 0.1) is 11.8 Å². The molecule has 4 atom stereocenters. The molecule has 2 aliphatic rings. The summed E-state index contributed by atoms with van der Waals surface area (Å²) in [6.07, 6.45) is 1.27. The Balaban J connectivity index is 2.04. The minimum Gasteiger partial charge on any atom is -0.327 e. The molecule has 1 saturated heterocycles. The van der Waals surface area contributed by atoms with E-state index in [9.17, 15) is 0 Å². The van der Waals surface area contributed by atoms with E-state index >= 15 is 0 Å². The molecule has 2 N–H and O–H groups in total. The quantitative estimate of drug-likeness (QED) is 0.567. The number of hydrogen-bond acceptors (Lipinski definition) is 2. The molecule has 0 spiro atoms. The average molecular weight is 140 g/mol. The van der Waals surface area contributed by atoms with Crippen molar-refractivity contribution in [1.29, 1.82) is 0 Å². The summed E-state index contributed by atoms with van der Waals surface area (Å²) in [5, 5.41) is 0. The van der Waals surface area contributed by atoms with Crippen molar-refractivity contribution in [2.24, 2.45) is 17.6 Å². The Bertz CT molecular complexity index is 146. The van der Waals surface area contributed by atoms with Crippen LogP contribution in [0.4, 0.5) is 0 Å². The summed E-state index contributed by atoms with van der Waals surface area (Å²) in [6, 6.07) is 1.33. The van der Waals surface area contributed by atoms with Crippen molar-refractivity contribution >= 4 is 0 Å². The van der Waals surface area contributed by atoms with Crippen molar-refractivity contribution in [3.63, 3.8) is 0 Å². The molecule has 2 fully saturated rings. The van der Waals surface area contributed by atoms with Crippen LogP contribution >= 0.6 is 0 Å². The molecule has 0 aromatic heterocycles. The van der Waals surface area contributed by atoms with Gasteiger partial charge in [-0.15, -0.1) is 0 Å². The second-order valence-electron chi connectivity index (χ2n) is 3.73. The fraction of sp³-hybridized carbons (Fsp3) is 1.00. The van der Waals surface area contributed by atoms with E-state index in [-0.39, 0.29) is 0 Å². The fourth-order valence-corrected chi connectivity index (χ4v) is 2.56. The lowest BCUT2D eigenvalue weighted by atomic mass is 10.1. The average Bonchev–Trinajstić information content (AvgIpc) is 2.45. The van der Waals surface area contributed by atoms with Gasteiger partial charge in [0.15, 0.2) is 0 Å². The van der Waals surface area contributed by atoms with Gasteiger partial charge in [-0.25, -0.2) is 0 Å². The maximum atomic E-state index is 5.87. The minimum atomic E-state index is 0.543. The van der Waals surface area contributed by atoms with Gasteiger partial charge in [-0.3, -0.25) is 0 Å². The van der Waals surface area contributed by atoms with Gasteiger partial charge < -0.3 is 10.6 Å². The van der Waals surface area contributed by atoms with Crippen molar-refractivity contribution in [2.75, 3.05) is 13.6 Å². The van der Waals surface area contributed by atoms with Gasteiger partial charge in [-0.05, 0) is 25.3 Å². The molecule has 2 heteroatoms. The molecule has 0 radical (unpaired) electrons. The molecule has 1 aliphatic carbocycles. The lowest BCUT2D eigenvalue weighted by molar-refractivity contribution is 0.255. The maximum Gasteiger partial charge on any atom is 0.0137 e. The molecule has 10 heavy (non-hydrogen) atoms. The van der Waals surface area contributed by atoms with Crippen LogP contribution in [-0.4, -0.2) is 30.6 Å². The van der Waals surface area contributed by atoms with Crippen LogP contribution in [0.15, 0.2) is 0 Å². The van der Waals surface area contributed by atoms with Crippen molar-refractivity contribution in [3.05, 3.63) is 0 Å². The highest BCUT2D eigenvalue weighted by Gasteiger charge is 2.57. The van der Waals surface area contributed by atoms with E-state index in [0.717, 1.165) is 17.9 Å². The van der Waals surface area contributed by atoms with Gasteiger partial charge in [0.25, 0.3) is 0 Å². The number of rotatable bonds is 1. The number of hydrogen-bond donors (Lipinski definition) is 1. The van der Waals surface area contributed by atoms with Gasteiger partial charge in [-0.2, -0.15) is 0 Å². The van der Waals surface area contributed by atoms with Crippen LogP contribution in [0.1, 0.15) is 13.3 Å². The molecular weight excluding hydrogens is 124 g/mol. The number of nitrogens with zero attached hydrogens (tertiary/aromatic N) is 1. The zero-order valence-corrected chi connectivity index (χ0v) is 6.75. The SMILES string of the molecule is CC[C@H]1[C@H]2[C@H](N)[C@H]2CN1C. The highest BCUT2D eigenvalue weighted by molar-refractivity contribution is 5.12. The first kappa shape index (κ1) is 6.62. The Labute approximate surface area is 62.4 Å². The van der Waals surface area contributed by atoms with Crippen LogP contribution in [0.2, 0.25) is 0 Å². The third-order valence-corrected chi connectivity index (χ3v) is 3.22. The minimum absolute atomic E-state index is 0.543. The molecule has 0 bridgehead atoms. The Hall–Kier alpha value is -0.0800. The number of likely N-dealkylation sites (tertiary alicyclic amines) is 1. The van der Waals surface area contributed by atoms with E-state index in [1.54, 1.807) is 0 Å². The second-order valence-corrected chi connectivity index (χ2v) is 3.73. The fourth-order valence-electron chi connectivity index (χ4n) is 2.56. The molecular formula is C8H16N2. The van der Waals surface area contributed by atoms with Crippen LogP contribution in [0.3, 0.4) is 0 Å². The van der Waals surface area contributed by atoms with Crippen LogP contribution in [0.25, 0.3) is 0 Å². The molecule has 0 aromatic carbocycles. The highest BCUT2D eigenvalue weighted by atomic mass is 15.2. The van der Waals surface area contributed by atoms with E-state index in [1.165, 1.54) is 13.0 Å². The first-order valence-electron chi connectivity index (χ1n) is 4.21. The maximum absolute atomic E-state index is 5.87. The second kappa shape index (κ2) is 1.95. The van der Waals surface area contributed by atoms with E-state index in [4.69, 9.17) is 5.73 Å². The monoisotopic (exact) mass is 140 g/mol. The molecule has 1 heterocycles. The first-order chi connectivity index (χ1) is 4.75. The first-order valence-corrected chi connectivity index (χ1v) is 4.21. The number of nitrogens with two attached hydrogens (primary N) is 1. The summed E-state index contributed by atoms with van der Waals surface area (Å²) in [5.41, 5.74) is 5.87. The van der Waals surface area contributed by atoms with Crippen LogP contribution < -0.4 is 5.73 Å². The molecule has 1 saturated carbocycles. The summed E-state index contributed by atoms with van der Waals surface area (Å²) in [4.78, 5) is 2.46. The Morgan fingerprint density at radius 2 is 2.30 bits per heavy atom. The van der Waals surface area contributed by atoms with E-state index in [2.05, 4.69) is 18.9 Å². The number of fused-ring (bicyclic) bond motifs is 1. The molecule has 0 amide bonds. The predicted molar refractivity (Wildman–Crippen MR) is 41.7 cm³/mol. The van der Waals surface area contributed by atoms with E-state index in [1.807, 2.05) is 0 Å². The highest BCUT2D eigenvalue weighted by Crippen LogP contribution is 2.48. The van der Waals surface area contributed by atoms with Crippen molar-refractivity contribution in [3.8, 4) is 0 Å². The summed E-state index contributed by atoms with van der Waals surface area (Å²) in [6.45, 7) is 3.50. The van der Waals surface area contributed by atoms with Crippen LogP contribution in [-0.2, 0) is 0 Å². The molecule has 0 aromatic rings. The van der Waals surface area contributed by atoms with Gasteiger partial charge >= 0.3 is 0 Å². The lowest BCUT2D eigenvalue weighted by Gasteiger charge is -2.22. The third-order valence-electron chi connectivity index (χ3n) is 3.22. The topological polar surface area (TPSA) is 29.3 Å². The number of piperidine rings is 1. The smallest absolute Gasteiger partial charge is 0.0137 e. The van der Waals surface area contributed by atoms with Crippen molar-refractivity contribution in [1.82, 2.24) is 4.90 Å². The van der Waals surface area contributed by atoms with Gasteiger partial charge in [0.05, 0.1) is 0 Å². The van der Waals surface area contributed by atoms with Gasteiger partial charge in [0.2, 0.25) is 0 Å². The summed E-state index contributed by atoms with van der Waals surface area (Å²) in [5.74, 6) is 1.69. The zero-order valence-electron chi connectivity index (χ0n) is 6.75. The lowest BCUT2D eigenvalue weighted by Crippen LogP contribution is -2.33. The predicted octanol–water partition coefficient (Wildman–Crippen LogP) is 0.284. The Kier molecular flexibility index (Phi) is 1.29. The van der Waals surface area contributed by atoms with Crippen molar-refractivity contribution < 1.29 is 0 Å². The third kappa shape index (κ3) is 0.663. The van der Waals surface area contributed by atoms with E-state index in [0.29, 0.717) is 6.04 Å². The molecule has 1 aliphatic heterocycles. The standard InChI is InChI=1S/C8H16N2/c1-3-6-7-5(8(7)9)4-10(6)2/h5-8H,3-4,9H2,1-2H3/t5-,6-,7-,8+/m0/s1. The molecule has 0 unspecified atom stereocenters. The largest absolute Gasteiger partial charge is 0.327 e. The van der Waals surface area contributed by atoms with Gasteiger partial charge in [-0.1, -0.05) is 6.92 Å². The summed E-state index contributed by atoms with van der Waals surface area (Å²) >= 11 is 0. The van der Waals surface area contributed by atoms with Gasteiger partial charge in [0, 0.05) is 18.6 Å². The molecule has 2 rings (SSSR count). The Morgan fingerprint density at radius 1 is 1.60 bits per heavy atom. The zero-order chi connectivity index (χ0) is 7.30.